The number of carbonyl (C=O) groups is 1. The van der Waals surface area contributed by atoms with Crippen molar-refractivity contribution in [3.8, 4) is 11.5 Å². The van der Waals surface area contributed by atoms with Crippen LogP contribution < -0.4 is 15.0 Å². The van der Waals surface area contributed by atoms with Gasteiger partial charge in [-0.25, -0.2) is 9.97 Å². The number of hydrogen-bond donors (Lipinski definition) is 1. The van der Waals surface area contributed by atoms with E-state index < -0.39 is 0 Å². The number of rotatable bonds is 7. The number of methoxy groups -OCH3 is 2. The van der Waals surface area contributed by atoms with Crippen molar-refractivity contribution in [1.82, 2.24) is 9.97 Å². The molecule has 1 saturated heterocycles. The van der Waals surface area contributed by atoms with Crippen LogP contribution in [-0.2, 0) is 14.3 Å². The molecule has 1 aliphatic heterocycles. The van der Waals surface area contributed by atoms with Gasteiger partial charge in [-0.2, -0.15) is 0 Å². The van der Waals surface area contributed by atoms with Crippen molar-refractivity contribution in [2.24, 2.45) is 5.92 Å². The lowest BCUT2D eigenvalue weighted by Gasteiger charge is -2.32. The molecule has 2 heterocycles. The van der Waals surface area contributed by atoms with Crippen molar-refractivity contribution in [2.75, 3.05) is 37.5 Å². The molecule has 0 spiro atoms. The van der Waals surface area contributed by atoms with Crippen molar-refractivity contribution in [2.45, 2.75) is 38.4 Å². The number of anilines is 2. The van der Waals surface area contributed by atoms with Crippen LogP contribution in [0.3, 0.4) is 0 Å². The number of nitrogens with one attached hydrogen (secondary N) is 1. The van der Waals surface area contributed by atoms with Gasteiger partial charge in [-0.15, -0.1) is 0 Å². The highest BCUT2D eigenvalue weighted by atomic mass is 16.5. The smallest absolute Gasteiger partial charge is 0.227 e. The van der Waals surface area contributed by atoms with Crippen LogP contribution in [0.1, 0.15) is 24.8 Å². The standard InChI is InChI=1S/C22H28N4O4/c1-14-8-16(25-21(27)15-9-18(10-15)29-3)4-5-20(14)30-19-11-23-22(24-12-19)26-7-6-17(13-26)28-2/h4-5,8,11-12,15,17-18H,6-7,9-10,13H2,1-3H3,(H,25,27). The number of nitrogens with zero attached hydrogens (tertiary/aromatic N) is 3. The second-order valence-corrected chi connectivity index (χ2v) is 7.91. The third kappa shape index (κ3) is 4.55. The maximum Gasteiger partial charge on any atom is 0.227 e. The summed E-state index contributed by atoms with van der Waals surface area (Å²) in [5.41, 5.74) is 1.68. The fraction of sp³-hybridized carbons (Fsp3) is 0.500. The van der Waals surface area contributed by atoms with Gasteiger partial charge >= 0.3 is 0 Å². The van der Waals surface area contributed by atoms with Crippen molar-refractivity contribution in [1.29, 1.82) is 0 Å². The lowest BCUT2D eigenvalue weighted by atomic mass is 9.81. The third-order valence-corrected chi connectivity index (χ3v) is 5.84. The Morgan fingerprint density at radius 2 is 1.87 bits per heavy atom. The summed E-state index contributed by atoms with van der Waals surface area (Å²) < 4.78 is 16.6. The topological polar surface area (TPSA) is 85.8 Å². The first-order chi connectivity index (χ1) is 14.6. The fourth-order valence-corrected chi connectivity index (χ4v) is 3.81. The molecule has 0 radical (unpaired) electrons. The number of benzene rings is 1. The second kappa shape index (κ2) is 8.97. The van der Waals surface area contributed by atoms with E-state index in [2.05, 4.69) is 20.2 Å². The molecule has 30 heavy (non-hydrogen) atoms. The normalized spacial score (nSPS) is 23.2. The molecule has 8 heteroatoms. The van der Waals surface area contributed by atoms with E-state index in [1.807, 2.05) is 25.1 Å². The summed E-state index contributed by atoms with van der Waals surface area (Å²) in [4.78, 5) is 23.3. The Balaban J connectivity index is 1.34. The molecule has 2 aliphatic rings. The third-order valence-electron chi connectivity index (χ3n) is 5.84. The molecule has 2 aromatic rings. The van der Waals surface area contributed by atoms with E-state index in [1.54, 1.807) is 26.6 Å². The Bertz CT molecular complexity index is 883. The van der Waals surface area contributed by atoms with E-state index in [0.717, 1.165) is 43.6 Å². The predicted molar refractivity (Wildman–Crippen MR) is 113 cm³/mol. The second-order valence-electron chi connectivity index (χ2n) is 7.91. The monoisotopic (exact) mass is 412 g/mol. The molecular formula is C22H28N4O4. The van der Waals surface area contributed by atoms with Gasteiger partial charge in [-0.3, -0.25) is 4.79 Å². The van der Waals surface area contributed by atoms with Crippen LogP contribution in [0.25, 0.3) is 0 Å². The summed E-state index contributed by atoms with van der Waals surface area (Å²) >= 11 is 0. The van der Waals surface area contributed by atoms with Gasteiger partial charge in [-0.1, -0.05) is 0 Å². The molecule has 8 nitrogen and oxygen atoms in total. The molecule has 0 bridgehead atoms. The van der Waals surface area contributed by atoms with Crippen LogP contribution in [0.5, 0.6) is 11.5 Å². The van der Waals surface area contributed by atoms with Gasteiger partial charge in [0.05, 0.1) is 24.6 Å². The average molecular weight is 412 g/mol. The number of amides is 1. The Labute approximate surface area is 176 Å². The van der Waals surface area contributed by atoms with Gasteiger partial charge in [0.25, 0.3) is 0 Å². The zero-order valence-corrected chi connectivity index (χ0v) is 17.6. The highest BCUT2D eigenvalue weighted by Crippen LogP contribution is 2.32. The van der Waals surface area contributed by atoms with Gasteiger partial charge in [-0.05, 0) is 49.9 Å². The highest BCUT2D eigenvalue weighted by molar-refractivity contribution is 5.93. The summed E-state index contributed by atoms with van der Waals surface area (Å²) in [5, 5.41) is 2.98. The summed E-state index contributed by atoms with van der Waals surface area (Å²) in [6.45, 7) is 3.63. The van der Waals surface area contributed by atoms with Crippen LogP contribution in [0.4, 0.5) is 11.6 Å². The summed E-state index contributed by atoms with van der Waals surface area (Å²) in [6.07, 6.45) is 6.34. The molecule has 2 fully saturated rings. The van der Waals surface area contributed by atoms with E-state index in [0.29, 0.717) is 17.4 Å². The summed E-state index contributed by atoms with van der Waals surface area (Å²) in [5.74, 6) is 2.02. The van der Waals surface area contributed by atoms with Gasteiger partial charge in [0.1, 0.15) is 5.75 Å². The van der Waals surface area contributed by atoms with E-state index in [1.165, 1.54) is 0 Å². The fourth-order valence-electron chi connectivity index (χ4n) is 3.81. The number of ether oxygens (including phenoxy) is 3. The minimum absolute atomic E-state index is 0.0246. The Morgan fingerprint density at radius 3 is 2.50 bits per heavy atom. The Morgan fingerprint density at radius 1 is 1.13 bits per heavy atom. The van der Waals surface area contributed by atoms with Crippen molar-refractivity contribution < 1.29 is 19.0 Å². The first kappa shape index (κ1) is 20.6. The van der Waals surface area contributed by atoms with E-state index in [9.17, 15) is 4.79 Å². The molecule has 4 rings (SSSR count). The first-order valence-corrected chi connectivity index (χ1v) is 10.3. The van der Waals surface area contributed by atoms with Crippen LogP contribution in [0.15, 0.2) is 30.6 Å². The quantitative estimate of drug-likeness (QED) is 0.747. The lowest BCUT2D eigenvalue weighted by molar-refractivity contribution is -0.127. The number of aryl methyl sites for hydroxylation is 1. The van der Waals surface area contributed by atoms with Gasteiger partial charge in [0.2, 0.25) is 11.9 Å². The SMILES string of the molecule is COC1CC(C(=O)Nc2ccc(Oc3cnc(N4CCC(OC)C4)nc3)c(C)c2)C1. The van der Waals surface area contributed by atoms with Crippen molar-refractivity contribution in [3.05, 3.63) is 36.2 Å². The molecule has 1 aliphatic carbocycles. The van der Waals surface area contributed by atoms with E-state index in [-0.39, 0.29) is 24.0 Å². The van der Waals surface area contributed by atoms with Gasteiger partial charge < -0.3 is 24.4 Å². The van der Waals surface area contributed by atoms with Crippen LogP contribution in [0, 0.1) is 12.8 Å². The molecule has 1 unspecified atom stereocenters. The van der Waals surface area contributed by atoms with Crippen molar-refractivity contribution >= 4 is 17.5 Å². The maximum absolute atomic E-state index is 12.3. The molecular weight excluding hydrogens is 384 g/mol. The summed E-state index contributed by atoms with van der Waals surface area (Å²) in [6, 6.07) is 5.60. The zero-order chi connectivity index (χ0) is 21.1. The molecule has 1 atom stereocenters. The molecule has 160 valence electrons. The number of aromatic nitrogens is 2. The molecule has 1 amide bonds. The molecule has 1 aromatic heterocycles. The zero-order valence-electron chi connectivity index (χ0n) is 17.6. The van der Waals surface area contributed by atoms with Crippen LogP contribution in [-0.4, -0.2) is 55.4 Å². The number of carbonyl (C=O) groups excluding carboxylic acids is 1. The first-order valence-electron chi connectivity index (χ1n) is 10.3. The largest absolute Gasteiger partial charge is 0.454 e. The van der Waals surface area contributed by atoms with Crippen LogP contribution >= 0.6 is 0 Å². The Hall–Kier alpha value is -2.71. The lowest BCUT2D eigenvalue weighted by Crippen LogP contribution is -2.38. The van der Waals surface area contributed by atoms with Crippen LogP contribution in [0.2, 0.25) is 0 Å². The van der Waals surface area contributed by atoms with Gasteiger partial charge in [0, 0.05) is 38.9 Å². The minimum Gasteiger partial charge on any atom is -0.454 e. The molecule has 1 aromatic carbocycles. The minimum atomic E-state index is 0.0246. The maximum atomic E-state index is 12.3. The predicted octanol–water partition coefficient (Wildman–Crippen LogP) is 3.17. The molecule has 1 saturated carbocycles. The van der Waals surface area contributed by atoms with E-state index in [4.69, 9.17) is 14.2 Å². The summed E-state index contributed by atoms with van der Waals surface area (Å²) in [7, 11) is 3.41. The van der Waals surface area contributed by atoms with Gasteiger partial charge in [0.15, 0.2) is 5.75 Å². The number of hydrogen-bond acceptors (Lipinski definition) is 7. The van der Waals surface area contributed by atoms with Crippen molar-refractivity contribution in [3.63, 3.8) is 0 Å². The van der Waals surface area contributed by atoms with E-state index >= 15 is 0 Å². The molecule has 1 N–H and O–H groups in total. The Kier molecular flexibility index (Phi) is 6.15. The highest BCUT2D eigenvalue weighted by Gasteiger charge is 2.34. The average Bonchev–Trinajstić information content (AvgIpc) is 3.19.